The third-order valence-corrected chi connectivity index (χ3v) is 6.24. The average Bonchev–Trinajstić information content (AvgIpc) is 2.84. The van der Waals surface area contributed by atoms with Gasteiger partial charge in [-0.05, 0) is 49.9 Å². The summed E-state index contributed by atoms with van der Waals surface area (Å²) in [6.07, 6.45) is 3.27. The SMILES string of the molecule is CCOc1cc(C(=O)NCCSCc2ccccc2)ccc1OCC(=O)N1CCCCC1. The maximum Gasteiger partial charge on any atom is 0.260 e. The van der Waals surface area contributed by atoms with E-state index < -0.39 is 0 Å². The lowest BCUT2D eigenvalue weighted by molar-refractivity contribution is -0.134. The number of nitrogens with zero attached hydrogens (tertiary/aromatic N) is 1. The van der Waals surface area contributed by atoms with Crippen molar-refractivity contribution < 1.29 is 19.1 Å². The number of amides is 2. The van der Waals surface area contributed by atoms with Crippen molar-refractivity contribution in [2.75, 3.05) is 38.6 Å². The van der Waals surface area contributed by atoms with Crippen LogP contribution in [0.2, 0.25) is 0 Å². The molecule has 32 heavy (non-hydrogen) atoms. The van der Waals surface area contributed by atoms with Gasteiger partial charge in [-0.1, -0.05) is 30.3 Å². The van der Waals surface area contributed by atoms with Gasteiger partial charge >= 0.3 is 0 Å². The fourth-order valence-corrected chi connectivity index (χ4v) is 4.33. The Morgan fingerprint density at radius 1 is 1.00 bits per heavy atom. The van der Waals surface area contributed by atoms with Crippen molar-refractivity contribution in [1.29, 1.82) is 0 Å². The fraction of sp³-hybridized carbons (Fsp3) is 0.440. The number of likely N-dealkylation sites (tertiary alicyclic amines) is 1. The summed E-state index contributed by atoms with van der Waals surface area (Å²) in [5.41, 5.74) is 1.79. The lowest BCUT2D eigenvalue weighted by Gasteiger charge is -2.26. The van der Waals surface area contributed by atoms with Crippen LogP contribution in [0.3, 0.4) is 0 Å². The molecule has 0 spiro atoms. The number of piperidine rings is 1. The number of hydrogen-bond acceptors (Lipinski definition) is 5. The standard InChI is InChI=1S/C25H32N2O4S/c1-2-30-23-17-21(25(29)26-13-16-32-19-20-9-5-3-6-10-20)11-12-22(23)31-18-24(28)27-14-7-4-8-15-27/h3,5-6,9-12,17H,2,4,7-8,13-16,18-19H2,1H3,(H,26,29). The van der Waals surface area contributed by atoms with Crippen LogP contribution in [0.4, 0.5) is 0 Å². The average molecular weight is 457 g/mol. The molecule has 2 aromatic carbocycles. The smallest absolute Gasteiger partial charge is 0.260 e. The van der Waals surface area contributed by atoms with Crippen LogP contribution in [0.5, 0.6) is 11.5 Å². The quantitative estimate of drug-likeness (QED) is 0.515. The minimum atomic E-state index is -0.151. The van der Waals surface area contributed by atoms with E-state index in [-0.39, 0.29) is 18.4 Å². The number of rotatable bonds is 11. The summed E-state index contributed by atoms with van der Waals surface area (Å²) >= 11 is 1.78. The molecule has 0 bridgehead atoms. The maximum absolute atomic E-state index is 12.5. The van der Waals surface area contributed by atoms with Gasteiger partial charge in [-0.3, -0.25) is 9.59 Å². The highest BCUT2D eigenvalue weighted by atomic mass is 32.2. The van der Waals surface area contributed by atoms with Crippen LogP contribution in [-0.2, 0) is 10.5 Å². The molecule has 1 fully saturated rings. The highest BCUT2D eigenvalue weighted by Crippen LogP contribution is 2.28. The minimum Gasteiger partial charge on any atom is -0.490 e. The number of hydrogen-bond donors (Lipinski definition) is 1. The monoisotopic (exact) mass is 456 g/mol. The molecule has 1 N–H and O–H groups in total. The maximum atomic E-state index is 12.5. The number of carbonyl (C=O) groups is 2. The van der Waals surface area contributed by atoms with Gasteiger partial charge in [0.25, 0.3) is 11.8 Å². The highest BCUT2D eigenvalue weighted by molar-refractivity contribution is 7.98. The van der Waals surface area contributed by atoms with Crippen molar-refractivity contribution in [3.8, 4) is 11.5 Å². The molecule has 2 amide bonds. The predicted octanol–water partition coefficient (Wildman–Crippen LogP) is 4.14. The summed E-state index contributed by atoms with van der Waals surface area (Å²) in [4.78, 5) is 26.8. The minimum absolute atomic E-state index is 0.0121. The lowest BCUT2D eigenvalue weighted by Crippen LogP contribution is -2.38. The molecule has 0 saturated carbocycles. The van der Waals surface area contributed by atoms with E-state index in [1.54, 1.807) is 30.0 Å². The second-order valence-electron chi connectivity index (χ2n) is 7.62. The van der Waals surface area contributed by atoms with Gasteiger partial charge in [0.1, 0.15) is 0 Å². The lowest BCUT2D eigenvalue weighted by atomic mass is 10.1. The highest BCUT2D eigenvalue weighted by Gasteiger charge is 2.18. The van der Waals surface area contributed by atoms with Gasteiger partial charge < -0.3 is 19.7 Å². The third-order valence-electron chi connectivity index (χ3n) is 5.21. The Morgan fingerprint density at radius 3 is 2.53 bits per heavy atom. The van der Waals surface area contributed by atoms with Crippen LogP contribution >= 0.6 is 11.8 Å². The Labute approximate surface area is 194 Å². The molecule has 0 aliphatic carbocycles. The Kier molecular flexibility index (Phi) is 9.75. The largest absolute Gasteiger partial charge is 0.490 e. The zero-order chi connectivity index (χ0) is 22.6. The zero-order valence-electron chi connectivity index (χ0n) is 18.7. The van der Waals surface area contributed by atoms with Crippen molar-refractivity contribution in [3.05, 3.63) is 59.7 Å². The van der Waals surface area contributed by atoms with Gasteiger partial charge in [0, 0.05) is 36.7 Å². The van der Waals surface area contributed by atoms with Crippen LogP contribution in [0, 0.1) is 0 Å². The Balaban J connectivity index is 1.47. The molecule has 1 aliphatic rings. The molecule has 0 aromatic heterocycles. The number of carbonyl (C=O) groups excluding carboxylic acids is 2. The first-order valence-corrected chi connectivity index (χ1v) is 12.4. The molecular formula is C25H32N2O4S. The van der Waals surface area contributed by atoms with Crippen molar-refractivity contribution in [3.63, 3.8) is 0 Å². The number of nitrogens with one attached hydrogen (secondary N) is 1. The summed E-state index contributed by atoms with van der Waals surface area (Å²) in [5.74, 6) is 2.55. The van der Waals surface area contributed by atoms with Crippen LogP contribution < -0.4 is 14.8 Å². The molecule has 0 atom stereocenters. The summed E-state index contributed by atoms with van der Waals surface area (Å²) in [6.45, 7) is 4.47. The first kappa shape index (κ1) is 24.0. The molecule has 1 heterocycles. The number of thioether (sulfide) groups is 1. The van der Waals surface area contributed by atoms with Gasteiger partial charge in [-0.2, -0.15) is 11.8 Å². The van der Waals surface area contributed by atoms with Gasteiger partial charge in [-0.15, -0.1) is 0 Å². The second kappa shape index (κ2) is 13.0. The molecule has 6 nitrogen and oxygen atoms in total. The van der Waals surface area contributed by atoms with E-state index in [0.717, 1.165) is 37.4 Å². The Bertz CT molecular complexity index is 870. The van der Waals surface area contributed by atoms with Gasteiger partial charge in [0.15, 0.2) is 18.1 Å². The summed E-state index contributed by atoms with van der Waals surface area (Å²) in [5, 5.41) is 2.95. The van der Waals surface area contributed by atoms with Gasteiger partial charge in [-0.25, -0.2) is 0 Å². The second-order valence-corrected chi connectivity index (χ2v) is 8.72. The van der Waals surface area contributed by atoms with E-state index in [0.29, 0.717) is 30.2 Å². The van der Waals surface area contributed by atoms with E-state index in [9.17, 15) is 9.59 Å². The van der Waals surface area contributed by atoms with Crippen molar-refractivity contribution in [1.82, 2.24) is 10.2 Å². The van der Waals surface area contributed by atoms with Crippen molar-refractivity contribution >= 4 is 23.6 Å². The normalized spacial score (nSPS) is 13.5. The van der Waals surface area contributed by atoms with E-state index in [2.05, 4.69) is 17.4 Å². The van der Waals surface area contributed by atoms with E-state index in [4.69, 9.17) is 9.47 Å². The number of benzene rings is 2. The predicted molar refractivity (Wildman–Crippen MR) is 128 cm³/mol. The summed E-state index contributed by atoms with van der Waals surface area (Å²) in [6, 6.07) is 15.4. The van der Waals surface area contributed by atoms with Gasteiger partial charge in [0.2, 0.25) is 0 Å². The van der Waals surface area contributed by atoms with E-state index in [1.807, 2.05) is 30.0 Å². The Hall–Kier alpha value is -2.67. The summed E-state index contributed by atoms with van der Waals surface area (Å²) in [7, 11) is 0. The van der Waals surface area contributed by atoms with Crippen LogP contribution in [0.15, 0.2) is 48.5 Å². The van der Waals surface area contributed by atoms with E-state index >= 15 is 0 Å². The molecule has 3 rings (SSSR count). The zero-order valence-corrected chi connectivity index (χ0v) is 19.5. The van der Waals surface area contributed by atoms with Crippen LogP contribution in [-0.4, -0.2) is 55.3 Å². The van der Waals surface area contributed by atoms with Crippen LogP contribution in [0.25, 0.3) is 0 Å². The number of ether oxygens (including phenoxy) is 2. The fourth-order valence-electron chi connectivity index (χ4n) is 3.51. The molecule has 1 saturated heterocycles. The molecule has 7 heteroatoms. The molecule has 0 unspecified atom stereocenters. The Morgan fingerprint density at radius 2 is 1.78 bits per heavy atom. The van der Waals surface area contributed by atoms with Crippen LogP contribution in [0.1, 0.15) is 42.1 Å². The molecule has 172 valence electrons. The first-order valence-electron chi connectivity index (χ1n) is 11.2. The molecule has 2 aromatic rings. The van der Waals surface area contributed by atoms with E-state index in [1.165, 1.54) is 12.0 Å². The topological polar surface area (TPSA) is 67.9 Å². The molecule has 1 aliphatic heterocycles. The molecular weight excluding hydrogens is 424 g/mol. The first-order chi connectivity index (χ1) is 15.7. The summed E-state index contributed by atoms with van der Waals surface area (Å²) < 4.78 is 11.4. The van der Waals surface area contributed by atoms with Crippen molar-refractivity contribution in [2.24, 2.45) is 0 Å². The van der Waals surface area contributed by atoms with Gasteiger partial charge in [0.05, 0.1) is 6.61 Å². The molecule has 0 radical (unpaired) electrons. The third kappa shape index (κ3) is 7.48. The van der Waals surface area contributed by atoms with Crippen molar-refractivity contribution in [2.45, 2.75) is 31.9 Å².